The normalized spacial score (nSPS) is 13.0. The highest BCUT2D eigenvalue weighted by Crippen LogP contribution is 2.29. The fourth-order valence-electron chi connectivity index (χ4n) is 1.97. The van der Waals surface area contributed by atoms with Crippen molar-refractivity contribution in [1.82, 2.24) is 10.3 Å². The van der Waals surface area contributed by atoms with E-state index in [1.165, 1.54) is 12.1 Å². The third-order valence-electron chi connectivity index (χ3n) is 2.81. The Morgan fingerprint density at radius 1 is 1.39 bits per heavy atom. The molecule has 18 heavy (non-hydrogen) atoms. The van der Waals surface area contributed by atoms with Crippen molar-refractivity contribution in [2.45, 2.75) is 6.04 Å². The largest absolute Gasteiger partial charge is 0.459 e. The summed E-state index contributed by atoms with van der Waals surface area (Å²) in [5, 5.41) is 3.95. The smallest absolute Gasteiger partial charge is 0.134 e. The van der Waals surface area contributed by atoms with E-state index in [0.717, 1.165) is 16.0 Å². The Morgan fingerprint density at radius 3 is 3.00 bits per heavy atom. The van der Waals surface area contributed by atoms with Gasteiger partial charge in [-0.05, 0) is 31.3 Å². The Kier molecular flexibility index (Phi) is 2.85. The van der Waals surface area contributed by atoms with E-state index < -0.39 is 0 Å². The van der Waals surface area contributed by atoms with Crippen molar-refractivity contribution in [2.24, 2.45) is 0 Å². The molecule has 0 amide bonds. The van der Waals surface area contributed by atoms with Crippen molar-refractivity contribution in [3.05, 3.63) is 52.4 Å². The molecule has 3 aromatic rings. The lowest BCUT2D eigenvalue weighted by Gasteiger charge is -2.10. The quantitative estimate of drug-likeness (QED) is 0.786. The third-order valence-corrected chi connectivity index (χ3v) is 3.65. The minimum Gasteiger partial charge on any atom is -0.459 e. The van der Waals surface area contributed by atoms with Crippen LogP contribution in [0.4, 0.5) is 4.39 Å². The topological polar surface area (TPSA) is 38.1 Å². The van der Waals surface area contributed by atoms with E-state index in [0.29, 0.717) is 5.58 Å². The summed E-state index contributed by atoms with van der Waals surface area (Å²) in [6.07, 6.45) is 1.81. The minimum absolute atomic E-state index is 0.0482. The summed E-state index contributed by atoms with van der Waals surface area (Å²) in [6.45, 7) is 0. The van der Waals surface area contributed by atoms with Crippen molar-refractivity contribution >= 4 is 22.3 Å². The van der Waals surface area contributed by atoms with E-state index in [9.17, 15) is 4.39 Å². The number of fused-ring (bicyclic) bond motifs is 1. The van der Waals surface area contributed by atoms with Crippen LogP contribution in [0.2, 0.25) is 0 Å². The SMILES string of the molecule is CNC(c1cc2cc(F)ccc2o1)c1cncs1. The summed E-state index contributed by atoms with van der Waals surface area (Å²) >= 11 is 1.56. The van der Waals surface area contributed by atoms with E-state index in [-0.39, 0.29) is 11.9 Å². The number of nitrogens with one attached hydrogen (secondary N) is 1. The van der Waals surface area contributed by atoms with Gasteiger partial charge in [-0.15, -0.1) is 11.3 Å². The van der Waals surface area contributed by atoms with E-state index in [4.69, 9.17) is 4.42 Å². The molecule has 0 saturated heterocycles. The van der Waals surface area contributed by atoms with Gasteiger partial charge in [-0.1, -0.05) is 0 Å². The van der Waals surface area contributed by atoms with Gasteiger partial charge in [-0.25, -0.2) is 4.39 Å². The second kappa shape index (κ2) is 4.51. The number of hydrogen-bond donors (Lipinski definition) is 1. The van der Waals surface area contributed by atoms with Gasteiger partial charge in [0.25, 0.3) is 0 Å². The fourth-order valence-corrected chi connectivity index (χ4v) is 2.71. The predicted molar refractivity (Wildman–Crippen MR) is 69.2 cm³/mol. The lowest BCUT2D eigenvalue weighted by atomic mass is 10.2. The monoisotopic (exact) mass is 262 g/mol. The number of furan rings is 1. The zero-order chi connectivity index (χ0) is 12.5. The number of aromatic nitrogens is 1. The first-order chi connectivity index (χ1) is 8.78. The summed E-state index contributed by atoms with van der Waals surface area (Å²) in [5.41, 5.74) is 2.47. The Morgan fingerprint density at radius 2 is 2.28 bits per heavy atom. The molecule has 3 nitrogen and oxygen atoms in total. The molecule has 1 atom stereocenters. The van der Waals surface area contributed by atoms with E-state index >= 15 is 0 Å². The van der Waals surface area contributed by atoms with Gasteiger partial charge in [0.15, 0.2) is 0 Å². The van der Waals surface area contributed by atoms with Crippen LogP contribution in [0.15, 0.2) is 40.4 Å². The Bertz CT molecular complexity index is 663. The standard InChI is InChI=1S/C13H11FN2OS/c1-15-13(12-6-16-7-18-12)11-5-8-4-9(14)2-3-10(8)17-11/h2-7,13,15H,1H3. The molecule has 0 bridgehead atoms. The van der Waals surface area contributed by atoms with E-state index in [1.54, 1.807) is 29.1 Å². The molecule has 0 radical (unpaired) electrons. The summed E-state index contributed by atoms with van der Waals surface area (Å²) in [4.78, 5) is 5.13. The van der Waals surface area contributed by atoms with Crippen LogP contribution in [0, 0.1) is 5.82 Å². The van der Waals surface area contributed by atoms with Crippen LogP contribution in [-0.4, -0.2) is 12.0 Å². The van der Waals surface area contributed by atoms with Crippen molar-refractivity contribution in [2.75, 3.05) is 7.05 Å². The predicted octanol–water partition coefficient (Wildman–Crippen LogP) is 3.34. The van der Waals surface area contributed by atoms with Crippen LogP contribution < -0.4 is 5.32 Å². The van der Waals surface area contributed by atoms with Crippen LogP contribution >= 0.6 is 11.3 Å². The van der Waals surface area contributed by atoms with Gasteiger partial charge >= 0.3 is 0 Å². The number of rotatable bonds is 3. The van der Waals surface area contributed by atoms with Gasteiger partial charge in [0.2, 0.25) is 0 Å². The molecular formula is C13H11FN2OS. The highest BCUT2D eigenvalue weighted by molar-refractivity contribution is 7.09. The van der Waals surface area contributed by atoms with Crippen molar-refractivity contribution in [1.29, 1.82) is 0 Å². The van der Waals surface area contributed by atoms with Crippen molar-refractivity contribution in [3.8, 4) is 0 Å². The lowest BCUT2D eigenvalue weighted by Crippen LogP contribution is -2.15. The molecule has 3 rings (SSSR count). The maximum Gasteiger partial charge on any atom is 0.134 e. The van der Waals surface area contributed by atoms with Gasteiger partial charge in [0, 0.05) is 16.5 Å². The molecule has 92 valence electrons. The molecule has 0 aliphatic carbocycles. The number of halogens is 1. The molecule has 0 aliphatic heterocycles. The lowest BCUT2D eigenvalue weighted by molar-refractivity contribution is 0.494. The average molecular weight is 262 g/mol. The number of nitrogens with zero attached hydrogens (tertiary/aromatic N) is 1. The second-order valence-corrected chi connectivity index (χ2v) is 4.87. The minimum atomic E-state index is -0.256. The zero-order valence-electron chi connectivity index (χ0n) is 9.68. The third kappa shape index (κ3) is 1.91. The molecule has 2 aromatic heterocycles. The van der Waals surface area contributed by atoms with Crippen LogP contribution in [0.25, 0.3) is 11.0 Å². The van der Waals surface area contributed by atoms with Crippen LogP contribution in [-0.2, 0) is 0 Å². The molecule has 5 heteroatoms. The Hall–Kier alpha value is -1.72. The fraction of sp³-hybridized carbons (Fsp3) is 0.154. The molecule has 1 unspecified atom stereocenters. The molecule has 1 N–H and O–H groups in total. The Balaban J connectivity index is 2.07. The van der Waals surface area contributed by atoms with Gasteiger partial charge in [0.05, 0.1) is 5.51 Å². The maximum absolute atomic E-state index is 13.1. The molecule has 2 heterocycles. The number of benzene rings is 1. The van der Waals surface area contributed by atoms with Crippen molar-refractivity contribution in [3.63, 3.8) is 0 Å². The van der Waals surface area contributed by atoms with Gasteiger partial charge in [-0.3, -0.25) is 4.98 Å². The van der Waals surface area contributed by atoms with Crippen molar-refractivity contribution < 1.29 is 8.81 Å². The molecule has 0 spiro atoms. The summed E-state index contributed by atoms with van der Waals surface area (Å²) in [7, 11) is 1.86. The first-order valence-corrected chi connectivity index (χ1v) is 6.40. The van der Waals surface area contributed by atoms with Crippen LogP contribution in [0.1, 0.15) is 16.7 Å². The zero-order valence-corrected chi connectivity index (χ0v) is 10.5. The highest BCUT2D eigenvalue weighted by Gasteiger charge is 2.18. The van der Waals surface area contributed by atoms with E-state index in [2.05, 4.69) is 10.3 Å². The van der Waals surface area contributed by atoms with Crippen LogP contribution in [0.3, 0.4) is 0 Å². The van der Waals surface area contributed by atoms with Gasteiger partial charge in [0.1, 0.15) is 23.2 Å². The molecule has 0 aliphatic rings. The summed E-state index contributed by atoms with van der Waals surface area (Å²) < 4.78 is 18.9. The average Bonchev–Trinajstić information content (AvgIpc) is 2.98. The summed E-state index contributed by atoms with van der Waals surface area (Å²) in [6, 6.07) is 6.33. The molecule has 0 fully saturated rings. The van der Waals surface area contributed by atoms with E-state index in [1.807, 2.05) is 13.1 Å². The second-order valence-electron chi connectivity index (χ2n) is 3.96. The number of hydrogen-bond acceptors (Lipinski definition) is 4. The maximum atomic E-state index is 13.1. The first kappa shape index (κ1) is 11.4. The van der Waals surface area contributed by atoms with Crippen LogP contribution in [0.5, 0.6) is 0 Å². The Labute approximate surface area is 107 Å². The molecular weight excluding hydrogens is 251 g/mol. The van der Waals surface area contributed by atoms with Gasteiger partial charge in [-0.2, -0.15) is 0 Å². The highest BCUT2D eigenvalue weighted by atomic mass is 32.1. The van der Waals surface area contributed by atoms with Gasteiger partial charge < -0.3 is 9.73 Å². The first-order valence-electron chi connectivity index (χ1n) is 5.52. The molecule has 0 saturated carbocycles. The molecule has 1 aromatic carbocycles. The summed E-state index contributed by atoms with van der Waals surface area (Å²) in [5.74, 6) is 0.510. The number of thiazole rings is 1.